The molecule has 0 fully saturated rings. The van der Waals surface area contributed by atoms with Crippen molar-refractivity contribution in [2.45, 2.75) is 18.9 Å². The number of nitrogens with zero attached hydrogens (tertiary/aromatic N) is 1. The van der Waals surface area contributed by atoms with E-state index in [1.807, 2.05) is 6.92 Å². The van der Waals surface area contributed by atoms with Gasteiger partial charge in [-0.15, -0.1) is 0 Å². The number of nitrogens with two attached hydrogens (primary N) is 1. The zero-order chi connectivity index (χ0) is 8.32. The van der Waals surface area contributed by atoms with E-state index in [1.54, 1.807) is 6.20 Å². The lowest BCUT2D eigenvalue weighted by molar-refractivity contribution is -0.0000206. The Morgan fingerprint density at radius 3 is 3.18 bits per heavy atom. The van der Waals surface area contributed by atoms with Crippen molar-refractivity contribution in [3.63, 3.8) is 0 Å². The Balaban J connectivity index is 2.39. The summed E-state index contributed by atoms with van der Waals surface area (Å²) in [6, 6.07) is 0. The summed E-state index contributed by atoms with van der Waals surface area (Å²) in [5.74, 6) is 0.554. The van der Waals surface area contributed by atoms with Gasteiger partial charge in [0.2, 0.25) is 0 Å². The van der Waals surface area contributed by atoms with Crippen LogP contribution in [0.5, 0.6) is 0 Å². The molecular formula is C7H13N3O. The molecule has 0 bridgehead atoms. The normalized spacial score (nSPS) is 29.0. The first-order valence-electron chi connectivity index (χ1n) is 3.51. The molecule has 4 heteroatoms. The van der Waals surface area contributed by atoms with E-state index >= 15 is 0 Å². The number of amidine groups is 1. The van der Waals surface area contributed by atoms with Crippen LogP contribution in [0.2, 0.25) is 0 Å². The smallest absolute Gasteiger partial charge is 0.159 e. The molecule has 0 aromatic heterocycles. The maximum atomic E-state index is 5.45. The topological polar surface area (TPSA) is 59.6 Å². The third-order valence-electron chi connectivity index (χ3n) is 1.56. The highest BCUT2D eigenvalue weighted by molar-refractivity contribution is 5.81. The molecule has 0 saturated carbocycles. The van der Waals surface area contributed by atoms with Crippen LogP contribution in [0, 0.1) is 0 Å². The second kappa shape index (κ2) is 2.82. The maximum absolute atomic E-state index is 5.45. The van der Waals surface area contributed by atoms with Gasteiger partial charge in [-0.25, -0.2) is 0 Å². The minimum atomic E-state index is -0.293. The van der Waals surface area contributed by atoms with Crippen LogP contribution in [-0.4, -0.2) is 18.0 Å². The highest BCUT2D eigenvalue weighted by atomic mass is 16.7. The first-order chi connectivity index (χ1) is 5.16. The summed E-state index contributed by atoms with van der Waals surface area (Å²) in [6.45, 7) is 6.17. The summed E-state index contributed by atoms with van der Waals surface area (Å²) in [5, 5.41) is 6.62. The highest BCUT2D eigenvalue weighted by Crippen LogP contribution is 2.20. The molecule has 62 valence electrons. The minimum Gasteiger partial charge on any atom is -0.387 e. The molecular weight excluding hydrogens is 142 g/mol. The molecule has 0 aromatic carbocycles. The van der Waals surface area contributed by atoms with Crippen LogP contribution >= 0.6 is 0 Å². The standard InChI is InChI=1S/C7H13N3O/c1-3-9-5-7(2)4-6(8)10-11-7/h3,9H,1,4-5H2,2H3,(H2,8,10). The molecule has 11 heavy (non-hydrogen) atoms. The number of nitrogens with one attached hydrogen (secondary N) is 1. The maximum Gasteiger partial charge on any atom is 0.159 e. The Bertz CT molecular complexity index is 190. The van der Waals surface area contributed by atoms with Crippen LogP contribution in [0.1, 0.15) is 13.3 Å². The molecule has 4 nitrogen and oxygen atoms in total. The summed E-state index contributed by atoms with van der Waals surface area (Å²) >= 11 is 0. The molecule has 1 heterocycles. The Morgan fingerprint density at radius 2 is 2.73 bits per heavy atom. The van der Waals surface area contributed by atoms with Crippen molar-refractivity contribution in [1.29, 1.82) is 0 Å². The Morgan fingerprint density at radius 1 is 2.00 bits per heavy atom. The SMILES string of the molecule is C=CNCC1(C)CC(N)=NO1. The molecule has 1 aliphatic rings. The lowest BCUT2D eigenvalue weighted by Crippen LogP contribution is -2.36. The third-order valence-corrected chi connectivity index (χ3v) is 1.56. The van der Waals surface area contributed by atoms with Gasteiger partial charge in [-0.05, 0) is 13.1 Å². The minimum absolute atomic E-state index is 0.293. The van der Waals surface area contributed by atoms with Gasteiger partial charge in [0, 0.05) is 0 Å². The van der Waals surface area contributed by atoms with Crippen molar-refractivity contribution in [1.82, 2.24) is 5.32 Å². The fourth-order valence-electron chi connectivity index (χ4n) is 0.999. The predicted octanol–water partition coefficient (Wildman–Crippen LogP) is 0.171. The van der Waals surface area contributed by atoms with E-state index in [0.717, 1.165) is 0 Å². The van der Waals surface area contributed by atoms with Crippen LogP contribution in [0.15, 0.2) is 17.9 Å². The molecule has 1 rings (SSSR count). The van der Waals surface area contributed by atoms with E-state index in [4.69, 9.17) is 10.6 Å². The summed E-state index contributed by atoms with van der Waals surface area (Å²) in [5.41, 5.74) is 5.16. The van der Waals surface area contributed by atoms with Crippen molar-refractivity contribution in [2.24, 2.45) is 10.9 Å². The number of hydrogen-bond acceptors (Lipinski definition) is 4. The second-order valence-electron chi connectivity index (χ2n) is 2.89. The molecule has 0 aliphatic carbocycles. The average Bonchev–Trinajstić information content (AvgIpc) is 2.28. The van der Waals surface area contributed by atoms with E-state index in [1.165, 1.54) is 0 Å². The molecule has 0 amide bonds. The van der Waals surface area contributed by atoms with Crippen molar-refractivity contribution < 1.29 is 4.84 Å². The van der Waals surface area contributed by atoms with Gasteiger partial charge < -0.3 is 15.9 Å². The monoisotopic (exact) mass is 155 g/mol. The first kappa shape index (κ1) is 7.91. The van der Waals surface area contributed by atoms with E-state index in [0.29, 0.717) is 18.8 Å². The van der Waals surface area contributed by atoms with Crippen molar-refractivity contribution in [3.05, 3.63) is 12.8 Å². The molecule has 1 aliphatic heterocycles. The molecule has 1 unspecified atom stereocenters. The Labute approximate surface area is 66.1 Å². The van der Waals surface area contributed by atoms with Crippen LogP contribution in [0.3, 0.4) is 0 Å². The number of rotatable bonds is 3. The Kier molecular flexibility index (Phi) is 2.03. The van der Waals surface area contributed by atoms with Gasteiger partial charge in [-0.1, -0.05) is 11.7 Å². The lowest BCUT2D eigenvalue weighted by Gasteiger charge is -2.20. The second-order valence-corrected chi connectivity index (χ2v) is 2.89. The van der Waals surface area contributed by atoms with Crippen LogP contribution in [-0.2, 0) is 4.84 Å². The van der Waals surface area contributed by atoms with Gasteiger partial charge in [0.15, 0.2) is 5.60 Å². The van der Waals surface area contributed by atoms with Crippen LogP contribution in [0.25, 0.3) is 0 Å². The fourth-order valence-corrected chi connectivity index (χ4v) is 0.999. The molecule has 0 saturated heterocycles. The number of hydrogen-bond donors (Lipinski definition) is 2. The van der Waals surface area contributed by atoms with Crippen molar-refractivity contribution >= 4 is 5.84 Å². The van der Waals surface area contributed by atoms with E-state index in [2.05, 4.69) is 17.1 Å². The summed E-state index contributed by atoms with van der Waals surface area (Å²) in [7, 11) is 0. The van der Waals surface area contributed by atoms with E-state index in [9.17, 15) is 0 Å². The van der Waals surface area contributed by atoms with Crippen molar-refractivity contribution in [3.8, 4) is 0 Å². The highest BCUT2D eigenvalue weighted by Gasteiger charge is 2.32. The van der Waals surface area contributed by atoms with Gasteiger partial charge in [-0.3, -0.25) is 0 Å². The fraction of sp³-hybridized carbons (Fsp3) is 0.571. The van der Waals surface area contributed by atoms with Gasteiger partial charge >= 0.3 is 0 Å². The first-order valence-corrected chi connectivity index (χ1v) is 3.51. The molecule has 1 atom stereocenters. The lowest BCUT2D eigenvalue weighted by atomic mass is 10.0. The van der Waals surface area contributed by atoms with Crippen LogP contribution < -0.4 is 11.1 Å². The summed E-state index contributed by atoms with van der Waals surface area (Å²) < 4.78 is 0. The molecule has 3 N–H and O–H groups in total. The number of oxime groups is 1. The molecule has 0 aromatic rings. The third kappa shape index (κ3) is 1.86. The predicted molar refractivity (Wildman–Crippen MR) is 43.9 cm³/mol. The largest absolute Gasteiger partial charge is 0.387 e. The van der Waals surface area contributed by atoms with E-state index in [-0.39, 0.29) is 5.60 Å². The van der Waals surface area contributed by atoms with Crippen molar-refractivity contribution in [2.75, 3.05) is 6.54 Å². The van der Waals surface area contributed by atoms with Gasteiger partial charge in [0.1, 0.15) is 5.84 Å². The quantitative estimate of drug-likeness (QED) is 0.610. The van der Waals surface area contributed by atoms with Crippen LogP contribution in [0.4, 0.5) is 0 Å². The summed E-state index contributed by atoms with van der Waals surface area (Å²) in [6.07, 6.45) is 2.30. The van der Waals surface area contributed by atoms with E-state index < -0.39 is 0 Å². The molecule has 0 radical (unpaired) electrons. The average molecular weight is 155 g/mol. The zero-order valence-corrected chi connectivity index (χ0v) is 6.63. The van der Waals surface area contributed by atoms with Gasteiger partial charge in [0.25, 0.3) is 0 Å². The van der Waals surface area contributed by atoms with Gasteiger partial charge in [-0.2, -0.15) is 0 Å². The summed E-state index contributed by atoms with van der Waals surface area (Å²) in [4.78, 5) is 5.11. The Hall–Kier alpha value is -1.19. The zero-order valence-electron chi connectivity index (χ0n) is 6.63. The molecule has 0 spiro atoms. The van der Waals surface area contributed by atoms with Gasteiger partial charge in [0.05, 0.1) is 13.0 Å².